The topological polar surface area (TPSA) is 81.9 Å². The van der Waals surface area contributed by atoms with Gasteiger partial charge in [0.05, 0.1) is 11.0 Å². The van der Waals surface area contributed by atoms with Crippen LogP contribution in [0.1, 0.15) is 5.82 Å². The van der Waals surface area contributed by atoms with Crippen LogP contribution in [0.25, 0.3) is 16.6 Å². The largest absolute Gasteiger partial charge is 0.507 e. The highest BCUT2D eigenvalue weighted by atomic mass is 19.1. The van der Waals surface area contributed by atoms with Gasteiger partial charge in [-0.25, -0.2) is 9.37 Å². The van der Waals surface area contributed by atoms with Gasteiger partial charge in [-0.15, -0.1) is 0 Å². The van der Waals surface area contributed by atoms with Crippen molar-refractivity contribution in [2.45, 2.75) is 0 Å². The van der Waals surface area contributed by atoms with E-state index in [9.17, 15) is 14.8 Å². The number of aromatic amines is 1. The highest BCUT2D eigenvalue weighted by Crippen LogP contribution is 2.20. The number of aromatic nitrogens is 2. The molecule has 2 N–H and O–H groups in total. The summed E-state index contributed by atoms with van der Waals surface area (Å²) in [5.41, 5.74) is 1.38. The fourth-order valence-electron chi connectivity index (χ4n) is 2.11. The van der Waals surface area contributed by atoms with E-state index in [1.165, 1.54) is 18.2 Å². The number of hydrogen-bond acceptors (Lipinski definition) is 4. The molecule has 1 heterocycles. The molecule has 0 saturated carbocycles. The molecule has 0 saturated heterocycles. The number of benzene rings is 2. The lowest BCUT2D eigenvalue weighted by Gasteiger charge is -2.07. The maximum Gasteiger partial charge on any atom is 0.165 e. The van der Waals surface area contributed by atoms with Crippen LogP contribution in [-0.4, -0.2) is 21.7 Å². The van der Waals surface area contributed by atoms with Gasteiger partial charge in [-0.2, -0.15) is 5.26 Å². The van der Waals surface area contributed by atoms with Gasteiger partial charge in [-0.05, 0) is 24.3 Å². The van der Waals surface area contributed by atoms with Crippen molar-refractivity contribution in [1.82, 2.24) is 9.97 Å². The Morgan fingerprint density at radius 1 is 1.22 bits per heavy atom. The lowest BCUT2D eigenvalue weighted by atomic mass is 10.2. The number of nitriles is 1. The summed E-state index contributed by atoms with van der Waals surface area (Å²) in [7, 11) is 0. The molecule has 1 aromatic heterocycles. The molecule has 0 aliphatic heterocycles. The first-order valence-corrected chi connectivity index (χ1v) is 6.83. The summed E-state index contributed by atoms with van der Waals surface area (Å²) in [4.78, 5) is 7.21. The number of H-pyrrole nitrogens is 1. The van der Waals surface area contributed by atoms with Gasteiger partial charge in [0.2, 0.25) is 0 Å². The molecule has 3 aromatic rings. The Bertz CT molecular complexity index is 892. The summed E-state index contributed by atoms with van der Waals surface area (Å²) in [5.74, 6) is -0.623. The van der Waals surface area contributed by atoms with Crippen LogP contribution in [0, 0.1) is 17.1 Å². The van der Waals surface area contributed by atoms with E-state index in [-0.39, 0.29) is 29.5 Å². The lowest BCUT2D eigenvalue weighted by Crippen LogP contribution is -2.05. The third-order valence-electron chi connectivity index (χ3n) is 3.23. The summed E-state index contributed by atoms with van der Waals surface area (Å²) in [6, 6.07) is 15.0. The number of nitrogens with one attached hydrogen (secondary N) is 1. The number of nitrogens with zero attached hydrogens (tertiary/aromatic N) is 2. The molecule has 5 nitrogen and oxygen atoms in total. The Hall–Kier alpha value is -3.33. The fraction of sp³-hybridized carbons (Fsp3) is 0.0588. The SMILES string of the molecule is N#C/C(=C(/O)COc1ccccc1F)c1nc2ccccc2[nH]1. The molecule has 23 heavy (non-hydrogen) atoms. The van der Waals surface area contributed by atoms with Crippen molar-refractivity contribution in [2.24, 2.45) is 0 Å². The first-order valence-electron chi connectivity index (χ1n) is 6.83. The molecule has 0 amide bonds. The highest BCUT2D eigenvalue weighted by Gasteiger charge is 2.14. The third-order valence-corrected chi connectivity index (χ3v) is 3.23. The van der Waals surface area contributed by atoms with Crippen molar-refractivity contribution in [1.29, 1.82) is 5.26 Å². The Labute approximate surface area is 131 Å². The molecule has 0 unspecified atom stereocenters. The second kappa shape index (κ2) is 6.20. The highest BCUT2D eigenvalue weighted by molar-refractivity contribution is 5.82. The molecule has 0 aliphatic carbocycles. The molecular weight excluding hydrogens is 297 g/mol. The molecule has 0 radical (unpaired) electrons. The molecule has 114 valence electrons. The van der Waals surface area contributed by atoms with Crippen LogP contribution in [0.4, 0.5) is 4.39 Å². The molecular formula is C17H12FN3O2. The van der Waals surface area contributed by atoms with Gasteiger partial charge in [-0.3, -0.25) is 0 Å². The van der Waals surface area contributed by atoms with Crippen LogP contribution in [0.2, 0.25) is 0 Å². The molecule has 2 aromatic carbocycles. The van der Waals surface area contributed by atoms with E-state index in [0.717, 1.165) is 5.52 Å². The molecule has 6 heteroatoms. The van der Waals surface area contributed by atoms with Gasteiger partial charge < -0.3 is 14.8 Å². The number of ether oxygens (including phenoxy) is 1. The van der Waals surface area contributed by atoms with Gasteiger partial charge in [-0.1, -0.05) is 24.3 Å². The fourth-order valence-corrected chi connectivity index (χ4v) is 2.11. The van der Waals surface area contributed by atoms with Crippen molar-refractivity contribution in [3.8, 4) is 11.8 Å². The zero-order valence-electron chi connectivity index (χ0n) is 12.0. The number of aliphatic hydroxyl groups excluding tert-OH is 1. The lowest BCUT2D eigenvalue weighted by molar-refractivity contribution is 0.263. The van der Waals surface area contributed by atoms with E-state index in [4.69, 9.17) is 4.74 Å². The average Bonchev–Trinajstić information content (AvgIpc) is 2.98. The maximum atomic E-state index is 13.5. The standard InChI is InChI=1S/C17H12FN3O2/c18-12-5-1-4-8-16(12)23-10-15(22)11(9-19)17-20-13-6-2-3-7-14(13)21-17/h1-8,22H,10H2,(H,20,21)/b15-11-. The second-order valence-electron chi connectivity index (χ2n) is 4.76. The van der Waals surface area contributed by atoms with Crippen molar-refractivity contribution in [3.63, 3.8) is 0 Å². The summed E-state index contributed by atoms with van der Waals surface area (Å²) < 4.78 is 18.7. The zero-order chi connectivity index (χ0) is 16.2. The van der Waals surface area contributed by atoms with Gasteiger partial charge in [0.1, 0.15) is 18.2 Å². The molecule has 0 bridgehead atoms. The number of imidazole rings is 1. The molecule has 0 atom stereocenters. The number of fused-ring (bicyclic) bond motifs is 1. The number of hydrogen-bond donors (Lipinski definition) is 2. The predicted molar refractivity (Wildman–Crippen MR) is 83.2 cm³/mol. The van der Waals surface area contributed by atoms with Gasteiger partial charge in [0, 0.05) is 0 Å². The number of halogens is 1. The quantitative estimate of drug-likeness (QED) is 0.570. The van der Waals surface area contributed by atoms with Crippen molar-refractivity contribution in [3.05, 3.63) is 65.9 Å². The van der Waals surface area contributed by atoms with Crippen molar-refractivity contribution >= 4 is 16.6 Å². The summed E-state index contributed by atoms with van der Waals surface area (Å²) in [5, 5.41) is 19.4. The first-order chi connectivity index (χ1) is 11.2. The molecule has 0 spiro atoms. The zero-order valence-corrected chi connectivity index (χ0v) is 12.0. The van der Waals surface area contributed by atoms with Crippen LogP contribution in [-0.2, 0) is 0 Å². The van der Waals surface area contributed by atoms with Crippen molar-refractivity contribution in [2.75, 3.05) is 6.61 Å². The van der Waals surface area contributed by atoms with E-state index in [2.05, 4.69) is 9.97 Å². The van der Waals surface area contributed by atoms with Crippen LogP contribution in [0.5, 0.6) is 5.75 Å². The van der Waals surface area contributed by atoms with Crippen molar-refractivity contribution < 1.29 is 14.2 Å². The average molecular weight is 309 g/mol. The predicted octanol–water partition coefficient (Wildman–Crippen LogP) is 3.57. The number of rotatable bonds is 4. The summed E-state index contributed by atoms with van der Waals surface area (Å²) in [6.45, 7) is -0.332. The number of para-hydroxylation sites is 3. The van der Waals surface area contributed by atoms with E-state index in [0.29, 0.717) is 5.52 Å². The smallest absolute Gasteiger partial charge is 0.165 e. The number of allylic oxidation sites excluding steroid dienone is 1. The Morgan fingerprint density at radius 2 is 1.96 bits per heavy atom. The Balaban J connectivity index is 1.87. The van der Waals surface area contributed by atoms with Gasteiger partial charge in [0.25, 0.3) is 0 Å². The van der Waals surface area contributed by atoms with E-state index in [1.54, 1.807) is 12.1 Å². The normalized spacial score (nSPS) is 11.8. The van der Waals surface area contributed by atoms with Crippen LogP contribution < -0.4 is 4.74 Å². The Morgan fingerprint density at radius 3 is 2.70 bits per heavy atom. The third kappa shape index (κ3) is 2.99. The second-order valence-corrected chi connectivity index (χ2v) is 4.76. The van der Waals surface area contributed by atoms with E-state index < -0.39 is 5.82 Å². The summed E-state index contributed by atoms with van der Waals surface area (Å²) >= 11 is 0. The minimum Gasteiger partial charge on any atom is -0.507 e. The molecule has 3 rings (SSSR count). The van der Waals surface area contributed by atoms with Crippen LogP contribution in [0.15, 0.2) is 54.3 Å². The van der Waals surface area contributed by atoms with Crippen LogP contribution in [0.3, 0.4) is 0 Å². The summed E-state index contributed by atoms with van der Waals surface area (Å²) in [6.07, 6.45) is 0. The molecule has 0 aliphatic rings. The van der Waals surface area contributed by atoms with Gasteiger partial charge in [0.15, 0.2) is 23.2 Å². The molecule has 0 fully saturated rings. The number of aliphatic hydroxyl groups is 1. The van der Waals surface area contributed by atoms with Crippen LogP contribution >= 0.6 is 0 Å². The first kappa shape index (κ1) is 14.6. The van der Waals surface area contributed by atoms with Gasteiger partial charge >= 0.3 is 0 Å². The maximum absolute atomic E-state index is 13.5. The minimum absolute atomic E-state index is 0.000876. The Kier molecular flexibility index (Phi) is 3.93. The monoisotopic (exact) mass is 309 g/mol. The van der Waals surface area contributed by atoms with E-state index in [1.807, 2.05) is 24.3 Å². The minimum atomic E-state index is -0.539. The van der Waals surface area contributed by atoms with E-state index >= 15 is 0 Å².